The molecule has 0 spiro atoms. The van der Waals surface area contributed by atoms with E-state index in [0.29, 0.717) is 12.1 Å². The van der Waals surface area contributed by atoms with Crippen LogP contribution in [0.5, 0.6) is 0 Å². The van der Waals surface area contributed by atoms with Gasteiger partial charge in [-0.1, -0.05) is 30.3 Å². The largest absolute Gasteiger partial charge is 0.416 e. The van der Waals surface area contributed by atoms with E-state index in [2.05, 4.69) is 10.6 Å². The minimum absolute atomic E-state index is 0.165. The van der Waals surface area contributed by atoms with Crippen molar-refractivity contribution in [3.8, 4) is 0 Å². The lowest BCUT2D eigenvalue weighted by molar-refractivity contribution is -0.138. The van der Waals surface area contributed by atoms with Crippen LogP contribution in [0, 0.1) is 5.92 Å². The van der Waals surface area contributed by atoms with E-state index in [-0.39, 0.29) is 18.0 Å². The normalized spacial score (nSPS) is 18.6. The third kappa shape index (κ3) is 4.58. The standard InChI is InChI=1S/C19H18F3N3O2/c20-19(21,22)16-4-2-1-3-13(16)14-9-15(14)17(26)25-12-7-5-11(6-8-12)10-24-18(23)27/h1-8,14-15H,9-10H2,(H,25,26)(H3,23,24,27)/t14-,15-/m0/s1. The molecule has 3 amide bonds. The number of amides is 3. The molecule has 2 aromatic carbocycles. The molecule has 0 aromatic heterocycles. The zero-order valence-corrected chi connectivity index (χ0v) is 14.2. The highest BCUT2D eigenvalue weighted by Gasteiger charge is 2.47. The van der Waals surface area contributed by atoms with Gasteiger partial charge in [0.2, 0.25) is 5.91 Å². The number of nitrogens with one attached hydrogen (secondary N) is 2. The minimum atomic E-state index is -4.44. The topological polar surface area (TPSA) is 84.2 Å². The number of nitrogens with two attached hydrogens (primary N) is 1. The molecule has 0 saturated heterocycles. The number of hydrogen-bond acceptors (Lipinski definition) is 2. The van der Waals surface area contributed by atoms with Crippen molar-refractivity contribution < 1.29 is 22.8 Å². The molecule has 0 heterocycles. The van der Waals surface area contributed by atoms with E-state index in [4.69, 9.17) is 5.73 Å². The molecule has 0 radical (unpaired) electrons. The van der Waals surface area contributed by atoms with Gasteiger partial charge in [-0.15, -0.1) is 0 Å². The van der Waals surface area contributed by atoms with Crippen LogP contribution in [0.15, 0.2) is 48.5 Å². The number of hydrogen-bond donors (Lipinski definition) is 3. The first-order valence-corrected chi connectivity index (χ1v) is 8.35. The lowest BCUT2D eigenvalue weighted by Crippen LogP contribution is -2.28. The van der Waals surface area contributed by atoms with Crippen LogP contribution in [0.3, 0.4) is 0 Å². The van der Waals surface area contributed by atoms with Gasteiger partial charge in [0, 0.05) is 18.2 Å². The Balaban J connectivity index is 1.62. The summed E-state index contributed by atoms with van der Waals surface area (Å²) < 4.78 is 39.4. The van der Waals surface area contributed by atoms with Crippen LogP contribution in [0.25, 0.3) is 0 Å². The van der Waals surface area contributed by atoms with E-state index < -0.39 is 29.6 Å². The second-order valence-electron chi connectivity index (χ2n) is 6.44. The van der Waals surface area contributed by atoms with E-state index in [1.807, 2.05) is 0 Å². The summed E-state index contributed by atoms with van der Waals surface area (Å²) in [5.41, 5.74) is 5.82. The summed E-state index contributed by atoms with van der Waals surface area (Å²) >= 11 is 0. The Morgan fingerprint density at radius 3 is 2.37 bits per heavy atom. The number of rotatable bonds is 5. The quantitative estimate of drug-likeness (QED) is 0.744. The number of anilines is 1. The Hall–Kier alpha value is -3.03. The summed E-state index contributed by atoms with van der Waals surface area (Å²) in [6, 6.07) is 11.5. The van der Waals surface area contributed by atoms with Gasteiger partial charge in [0.05, 0.1) is 5.56 Å². The molecule has 2 aromatic rings. The molecule has 1 saturated carbocycles. The predicted molar refractivity (Wildman–Crippen MR) is 93.8 cm³/mol. The maximum atomic E-state index is 13.1. The second kappa shape index (κ2) is 7.30. The van der Waals surface area contributed by atoms with Crippen molar-refractivity contribution in [2.24, 2.45) is 11.7 Å². The Bertz CT molecular complexity index is 850. The van der Waals surface area contributed by atoms with Crippen LogP contribution in [-0.4, -0.2) is 11.9 Å². The minimum Gasteiger partial charge on any atom is -0.352 e. The van der Waals surface area contributed by atoms with Crippen molar-refractivity contribution in [3.63, 3.8) is 0 Å². The fourth-order valence-corrected chi connectivity index (χ4v) is 3.04. The highest BCUT2D eigenvalue weighted by molar-refractivity contribution is 5.95. The van der Waals surface area contributed by atoms with Crippen LogP contribution in [0.2, 0.25) is 0 Å². The molecule has 0 bridgehead atoms. The first kappa shape index (κ1) is 18.8. The Morgan fingerprint density at radius 1 is 1.07 bits per heavy atom. The van der Waals surface area contributed by atoms with Crippen LogP contribution in [0.4, 0.5) is 23.7 Å². The smallest absolute Gasteiger partial charge is 0.352 e. The first-order chi connectivity index (χ1) is 12.8. The number of urea groups is 1. The first-order valence-electron chi connectivity index (χ1n) is 8.35. The molecular formula is C19H18F3N3O2. The van der Waals surface area contributed by atoms with Crippen LogP contribution in [0.1, 0.15) is 29.0 Å². The third-order valence-electron chi connectivity index (χ3n) is 4.48. The SMILES string of the molecule is NC(=O)NCc1ccc(NC(=O)[C@H]2C[C@H]2c2ccccc2C(F)(F)F)cc1. The predicted octanol–water partition coefficient (Wildman–Crippen LogP) is 3.62. The maximum absolute atomic E-state index is 13.1. The highest BCUT2D eigenvalue weighted by Crippen LogP contribution is 2.51. The van der Waals surface area contributed by atoms with Crippen LogP contribution >= 0.6 is 0 Å². The summed E-state index contributed by atoms with van der Waals surface area (Å²) in [6.45, 7) is 0.266. The van der Waals surface area contributed by atoms with Gasteiger partial charge in [0.15, 0.2) is 0 Å². The molecule has 1 aliphatic rings. The van der Waals surface area contributed by atoms with Gasteiger partial charge in [0.25, 0.3) is 0 Å². The molecule has 2 atom stereocenters. The van der Waals surface area contributed by atoms with Crippen molar-refractivity contribution in [1.82, 2.24) is 5.32 Å². The zero-order chi connectivity index (χ0) is 19.6. The molecule has 3 rings (SSSR count). The summed E-state index contributed by atoms with van der Waals surface area (Å²) in [6.07, 6.45) is -4.05. The molecule has 5 nitrogen and oxygen atoms in total. The molecule has 1 fully saturated rings. The highest BCUT2D eigenvalue weighted by atomic mass is 19.4. The summed E-state index contributed by atoms with van der Waals surface area (Å²) in [4.78, 5) is 23.0. The number of alkyl halides is 3. The molecule has 0 unspecified atom stereocenters. The Labute approximate surface area is 153 Å². The van der Waals surface area contributed by atoms with E-state index in [9.17, 15) is 22.8 Å². The third-order valence-corrected chi connectivity index (χ3v) is 4.48. The number of primary amides is 1. The number of carbonyl (C=O) groups excluding carboxylic acids is 2. The molecule has 8 heteroatoms. The van der Waals surface area contributed by atoms with Gasteiger partial charge >= 0.3 is 12.2 Å². The molecule has 1 aliphatic carbocycles. The van der Waals surface area contributed by atoms with E-state index in [1.165, 1.54) is 12.1 Å². The summed E-state index contributed by atoms with van der Waals surface area (Å²) in [5.74, 6) is -1.22. The van der Waals surface area contributed by atoms with Crippen LogP contribution < -0.4 is 16.4 Å². The number of carbonyl (C=O) groups is 2. The lowest BCUT2D eigenvalue weighted by atomic mass is 10.0. The zero-order valence-electron chi connectivity index (χ0n) is 14.2. The second-order valence-corrected chi connectivity index (χ2v) is 6.44. The monoisotopic (exact) mass is 377 g/mol. The van der Waals surface area contributed by atoms with Gasteiger partial charge in [0.1, 0.15) is 0 Å². The number of halogens is 3. The van der Waals surface area contributed by atoms with Gasteiger partial charge in [-0.2, -0.15) is 13.2 Å². The average molecular weight is 377 g/mol. The van der Waals surface area contributed by atoms with Gasteiger partial charge in [-0.3, -0.25) is 4.79 Å². The fourth-order valence-electron chi connectivity index (χ4n) is 3.04. The van der Waals surface area contributed by atoms with Crippen molar-refractivity contribution in [2.75, 3.05) is 5.32 Å². The molecule has 27 heavy (non-hydrogen) atoms. The van der Waals surface area contributed by atoms with Crippen LogP contribution in [-0.2, 0) is 17.5 Å². The Morgan fingerprint density at radius 2 is 1.74 bits per heavy atom. The fraction of sp³-hybridized carbons (Fsp3) is 0.263. The Kier molecular flexibility index (Phi) is 5.07. The van der Waals surface area contributed by atoms with Crippen molar-refractivity contribution in [2.45, 2.75) is 25.1 Å². The van der Waals surface area contributed by atoms with Gasteiger partial charge < -0.3 is 16.4 Å². The van der Waals surface area contributed by atoms with Gasteiger partial charge in [-0.05, 0) is 41.7 Å². The van der Waals surface area contributed by atoms with Crippen molar-refractivity contribution in [3.05, 3.63) is 65.2 Å². The maximum Gasteiger partial charge on any atom is 0.416 e. The molecule has 4 N–H and O–H groups in total. The van der Waals surface area contributed by atoms with Gasteiger partial charge in [-0.25, -0.2) is 4.79 Å². The van der Waals surface area contributed by atoms with Crippen molar-refractivity contribution >= 4 is 17.6 Å². The molecule has 142 valence electrons. The van der Waals surface area contributed by atoms with E-state index in [0.717, 1.165) is 11.6 Å². The summed E-state index contributed by atoms with van der Waals surface area (Å²) in [5, 5.41) is 5.17. The van der Waals surface area contributed by atoms with E-state index in [1.54, 1.807) is 30.3 Å². The summed E-state index contributed by atoms with van der Waals surface area (Å²) in [7, 11) is 0. The molecule has 0 aliphatic heterocycles. The van der Waals surface area contributed by atoms with Crippen molar-refractivity contribution in [1.29, 1.82) is 0 Å². The average Bonchev–Trinajstić information content (AvgIpc) is 3.41. The lowest BCUT2D eigenvalue weighted by Gasteiger charge is -2.12. The number of benzene rings is 2. The van der Waals surface area contributed by atoms with E-state index >= 15 is 0 Å². The molecular weight excluding hydrogens is 359 g/mol.